The summed E-state index contributed by atoms with van der Waals surface area (Å²) < 4.78 is 1.83. The van der Waals surface area contributed by atoms with E-state index in [2.05, 4.69) is 10.4 Å². The lowest BCUT2D eigenvalue weighted by Crippen LogP contribution is -2.26. The predicted molar refractivity (Wildman–Crippen MR) is 57.3 cm³/mol. The molecule has 0 bridgehead atoms. The first-order chi connectivity index (χ1) is 6.44. The molecule has 0 saturated carbocycles. The van der Waals surface area contributed by atoms with Crippen LogP contribution >= 0.6 is 0 Å². The quantitative estimate of drug-likeness (QED) is 0.761. The number of nitrogens with zero attached hydrogens (tertiary/aromatic N) is 2. The van der Waals surface area contributed by atoms with Gasteiger partial charge in [-0.15, -0.1) is 0 Å². The van der Waals surface area contributed by atoms with Crippen molar-refractivity contribution >= 4 is 5.82 Å². The molecule has 0 aliphatic carbocycles. The van der Waals surface area contributed by atoms with Gasteiger partial charge in [-0.05, 0) is 6.92 Å². The van der Waals surface area contributed by atoms with E-state index in [1.807, 2.05) is 38.6 Å². The molecule has 0 atom stereocenters. The zero-order valence-electron chi connectivity index (χ0n) is 9.33. The Labute approximate surface area is 84.9 Å². The highest BCUT2D eigenvalue weighted by Crippen LogP contribution is 2.15. The minimum absolute atomic E-state index is 0.106. The van der Waals surface area contributed by atoms with Gasteiger partial charge >= 0.3 is 0 Å². The zero-order valence-corrected chi connectivity index (χ0v) is 9.33. The highest BCUT2D eigenvalue weighted by atomic mass is 16.3. The zero-order chi connectivity index (χ0) is 10.8. The molecule has 0 fully saturated rings. The monoisotopic (exact) mass is 197 g/mol. The summed E-state index contributed by atoms with van der Waals surface area (Å²) in [6, 6.07) is 1.99. The predicted octanol–water partition coefficient (Wildman–Crippen LogP) is 1.16. The van der Waals surface area contributed by atoms with E-state index in [4.69, 9.17) is 5.11 Å². The van der Waals surface area contributed by atoms with Crippen LogP contribution in [-0.2, 0) is 7.05 Å². The molecule has 1 aromatic heterocycles. The molecule has 1 rings (SSSR count). The fraction of sp³-hybridized carbons (Fsp3) is 0.700. The summed E-state index contributed by atoms with van der Waals surface area (Å²) in [6.07, 6.45) is 0. The van der Waals surface area contributed by atoms with Gasteiger partial charge < -0.3 is 10.4 Å². The summed E-state index contributed by atoms with van der Waals surface area (Å²) in [6.45, 7) is 6.92. The van der Waals surface area contributed by atoms with Crippen LogP contribution in [0.1, 0.15) is 19.5 Å². The molecule has 0 spiro atoms. The average Bonchev–Trinajstić information content (AvgIpc) is 2.44. The standard InChI is InChI=1S/C10H19N3O/c1-8-5-9(12-13(8)4)11-6-10(2,3)7-14/h5,14H,6-7H2,1-4H3,(H,11,12). The molecule has 1 heterocycles. The van der Waals surface area contributed by atoms with Gasteiger partial charge in [0.25, 0.3) is 0 Å². The van der Waals surface area contributed by atoms with Crippen molar-refractivity contribution in [1.29, 1.82) is 0 Å². The number of aryl methyl sites for hydroxylation is 2. The molecule has 80 valence electrons. The van der Waals surface area contributed by atoms with Crippen LogP contribution in [0.3, 0.4) is 0 Å². The smallest absolute Gasteiger partial charge is 0.148 e. The maximum absolute atomic E-state index is 9.07. The Hall–Kier alpha value is -1.03. The number of rotatable bonds is 4. The maximum Gasteiger partial charge on any atom is 0.148 e. The summed E-state index contributed by atoms with van der Waals surface area (Å²) >= 11 is 0. The van der Waals surface area contributed by atoms with Gasteiger partial charge in [-0.3, -0.25) is 4.68 Å². The number of aromatic nitrogens is 2. The third-order valence-electron chi connectivity index (χ3n) is 2.29. The molecule has 4 heteroatoms. The van der Waals surface area contributed by atoms with Crippen molar-refractivity contribution < 1.29 is 5.11 Å². The Balaban J connectivity index is 2.54. The van der Waals surface area contributed by atoms with Crippen LogP contribution in [0.4, 0.5) is 5.82 Å². The SMILES string of the molecule is Cc1cc(NCC(C)(C)CO)nn1C. The van der Waals surface area contributed by atoms with Gasteiger partial charge in [0, 0.05) is 37.4 Å². The molecule has 0 aromatic carbocycles. The van der Waals surface area contributed by atoms with E-state index >= 15 is 0 Å². The maximum atomic E-state index is 9.07. The summed E-state index contributed by atoms with van der Waals surface area (Å²) in [4.78, 5) is 0. The number of aliphatic hydroxyl groups is 1. The first-order valence-electron chi connectivity index (χ1n) is 4.80. The molecule has 0 aliphatic rings. The molecule has 0 aliphatic heterocycles. The molecule has 14 heavy (non-hydrogen) atoms. The van der Waals surface area contributed by atoms with Crippen LogP contribution in [0.2, 0.25) is 0 Å². The molecule has 0 radical (unpaired) electrons. The third kappa shape index (κ3) is 2.73. The Morgan fingerprint density at radius 2 is 2.21 bits per heavy atom. The lowest BCUT2D eigenvalue weighted by Gasteiger charge is -2.21. The van der Waals surface area contributed by atoms with E-state index in [0.29, 0.717) is 0 Å². The highest BCUT2D eigenvalue weighted by molar-refractivity contribution is 5.35. The summed E-state index contributed by atoms with van der Waals surface area (Å²) in [5.74, 6) is 0.867. The van der Waals surface area contributed by atoms with Crippen LogP contribution in [-0.4, -0.2) is 28.0 Å². The molecular weight excluding hydrogens is 178 g/mol. The number of anilines is 1. The lowest BCUT2D eigenvalue weighted by molar-refractivity contribution is 0.170. The molecule has 0 saturated heterocycles. The topological polar surface area (TPSA) is 50.1 Å². The summed E-state index contributed by atoms with van der Waals surface area (Å²) in [5.41, 5.74) is 1.01. The van der Waals surface area contributed by atoms with Gasteiger partial charge in [-0.2, -0.15) is 5.10 Å². The van der Waals surface area contributed by atoms with E-state index in [0.717, 1.165) is 18.1 Å². The van der Waals surface area contributed by atoms with E-state index in [9.17, 15) is 0 Å². The Morgan fingerprint density at radius 3 is 2.64 bits per heavy atom. The van der Waals surface area contributed by atoms with Crippen LogP contribution < -0.4 is 5.32 Å². The van der Waals surface area contributed by atoms with E-state index in [1.54, 1.807) is 0 Å². The van der Waals surface area contributed by atoms with Crippen LogP contribution in [0.25, 0.3) is 0 Å². The summed E-state index contributed by atoms with van der Waals surface area (Å²) in [5, 5.41) is 16.5. The van der Waals surface area contributed by atoms with Crippen LogP contribution in [0.5, 0.6) is 0 Å². The van der Waals surface area contributed by atoms with Crippen molar-refractivity contribution in [3.05, 3.63) is 11.8 Å². The Kier molecular flexibility index (Phi) is 3.16. The van der Waals surface area contributed by atoms with Crippen molar-refractivity contribution in [2.75, 3.05) is 18.5 Å². The first-order valence-corrected chi connectivity index (χ1v) is 4.80. The molecule has 4 nitrogen and oxygen atoms in total. The normalized spacial score (nSPS) is 11.8. The van der Waals surface area contributed by atoms with Gasteiger partial charge in [0.1, 0.15) is 5.82 Å². The number of hydrogen-bond donors (Lipinski definition) is 2. The van der Waals surface area contributed by atoms with Crippen molar-refractivity contribution in [3.8, 4) is 0 Å². The largest absolute Gasteiger partial charge is 0.396 e. The minimum atomic E-state index is -0.106. The molecule has 0 unspecified atom stereocenters. The average molecular weight is 197 g/mol. The number of aliphatic hydroxyl groups excluding tert-OH is 1. The van der Waals surface area contributed by atoms with Crippen molar-refractivity contribution in [2.24, 2.45) is 12.5 Å². The van der Waals surface area contributed by atoms with Gasteiger partial charge in [0.15, 0.2) is 0 Å². The van der Waals surface area contributed by atoms with Crippen molar-refractivity contribution in [1.82, 2.24) is 9.78 Å². The highest BCUT2D eigenvalue weighted by Gasteiger charge is 2.16. The van der Waals surface area contributed by atoms with Crippen LogP contribution in [0, 0.1) is 12.3 Å². The van der Waals surface area contributed by atoms with Crippen molar-refractivity contribution in [3.63, 3.8) is 0 Å². The molecular formula is C10H19N3O. The van der Waals surface area contributed by atoms with Crippen LogP contribution in [0.15, 0.2) is 6.07 Å². The Morgan fingerprint density at radius 1 is 1.57 bits per heavy atom. The minimum Gasteiger partial charge on any atom is -0.396 e. The van der Waals surface area contributed by atoms with Gasteiger partial charge in [-0.25, -0.2) is 0 Å². The van der Waals surface area contributed by atoms with E-state index in [-0.39, 0.29) is 12.0 Å². The van der Waals surface area contributed by atoms with Gasteiger partial charge in [-0.1, -0.05) is 13.8 Å². The van der Waals surface area contributed by atoms with Crippen molar-refractivity contribution in [2.45, 2.75) is 20.8 Å². The first kappa shape index (κ1) is 11.0. The second-order valence-electron chi connectivity index (χ2n) is 4.47. The fourth-order valence-electron chi connectivity index (χ4n) is 1.03. The number of nitrogens with one attached hydrogen (secondary N) is 1. The molecule has 1 aromatic rings. The van der Waals surface area contributed by atoms with Gasteiger partial charge in [0.05, 0.1) is 0 Å². The third-order valence-corrected chi connectivity index (χ3v) is 2.29. The second kappa shape index (κ2) is 4.00. The number of hydrogen-bond acceptors (Lipinski definition) is 3. The van der Waals surface area contributed by atoms with Gasteiger partial charge in [0.2, 0.25) is 0 Å². The Bertz CT molecular complexity index is 285. The molecule has 2 N–H and O–H groups in total. The summed E-state index contributed by atoms with van der Waals surface area (Å²) in [7, 11) is 1.91. The van der Waals surface area contributed by atoms with E-state index < -0.39 is 0 Å². The lowest BCUT2D eigenvalue weighted by atomic mass is 9.95. The second-order valence-corrected chi connectivity index (χ2v) is 4.47. The van der Waals surface area contributed by atoms with E-state index in [1.165, 1.54) is 0 Å². The molecule has 0 amide bonds. The fourth-order valence-corrected chi connectivity index (χ4v) is 1.03.